The molecule has 0 heterocycles. The summed E-state index contributed by atoms with van der Waals surface area (Å²) in [7, 11) is 3.68. The zero-order chi connectivity index (χ0) is 10.7. The Morgan fingerprint density at radius 2 is 2.14 bits per heavy atom. The minimum absolute atomic E-state index is 0.0705. The third kappa shape index (κ3) is 2.68. The second-order valence-corrected chi connectivity index (χ2v) is 3.78. The molecule has 0 aliphatic rings. The summed E-state index contributed by atoms with van der Waals surface area (Å²) < 4.78 is 0.667. The number of rotatable bonds is 3. The van der Waals surface area contributed by atoms with E-state index in [1.54, 1.807) is 11.1 Å². The number of nitro benzene ring substituents is 1. The van der Waals surface area contributed by atoms with Crippen LogP contribution in [-0.2, 0) is 0 Å². The standard InChI is InChI=1S/C8H10BrN3O2/c1-11(2)10-8-4-3-6(12(13)14)5-7(8)9/h3-5,10H,1-2H3. The Morgan fingerprint density at radius 3 is 2.57 bits per heavy atom. The molecule has 14 heavy (non-hydrogen) atoms. The lowest BCUT2D eigenvalue weighted by Crippen LogP contribution is -2.19. The number of nitrogens with zero attached hydrogens (tertiary/aromatic N) is 2. The maximum atomic E-state index is 10.4. The van der Waals surface area contributed by atoms with Crippen LogP contribution in [0.3, 0.4) is 0 Å². The Kier molecular flexibility index (Phi) is 3.43. The Labute approximate surface area is 90.0 Å². The van der Waals surface area contributed by atoms with Gasteiger partial charge >= 0.3 is 0 Å². The third-order valence-corrected chi connectivity index (χ3v) is 2.16. The number of hydrazine groups is 1. The summed E-state index contributed by atoms with van der Waals surface area (Å²) in [6.07, 6.45) is 0. The van der Waals surface area contributed by atoms with Crippen LogP contribution >= 0.6 is 15.9 Å². The van der Waals surface area contributed by atoms with Gasteiger partial charge in [-0.05, 0) is 22.0 Å². The van der Waals surface area contributed by atoms with Gasteiger partial charge in [-0.2, -0.15) is 0 Å². The van der Waals surface area contributed by atoms with Crippen LogP contribution in [0.5, 0.6) is 0 Å². The van der Waals surface area contributed by atoms with Crippen LogP contribution in [0.4, 0.5) is 11.4 Å². The van der Waals surface area contributed by atoms with Crippen LogP contribution in [0.25, 0.3) is 0 Å². The summed E-state index contributed by atoms with van der Waals surface area (Å²) in [6.45, 7) is 0. The van der Waals surface area contributed by atoms with Crippen molar-refractivity contribution in [1.82, 2.24) is 5.01 Å². The first-order valence-electron chi connectivity index (χ1n) is 3.88. The maximum Gasteiger partial charge on any atom is 0.270 e. The van der Waals surface area contributed by atoms with Gasteiger partial charge in [0.25, 0.3) is 5.69 Å². The minimum atomic E-state index is -0.426. The van der Waals surface area contributed by atoms with Crippen LogP contribution in [-0.4, -0.2) is 24.0 Å². The summed E-state index contributed by atoms with van der Waals surface area (Å²) in [5.41, 5.74) is 3.87. The predicted molar refractivity (Wildman–Crippen MR) is 58.1 cm³/mol. The topological polar surface area (TPSA) is 58.4 Å². The van der Waals surface area contributed by atoms with Gasteiger partial charge in [0.1, 0.15) is 0 Å². The zero-order valence-corrected chi connectivity index (χ0v) is 9.41. The average molecular weight is 260 g/mol. The molecule has 0 saturated heterocycles. The van der Waals surface area contributed by atoms with Crippen molar-refractivity contribution in [2.45, 2.75) is 0 Å². The predicted octanol–water partition coefficient (Wildman–Crippen LogP) is 2.25. The van der Waals surface area contributed by atoms with E-state index in [-0.39, 0.29) is 5.69 Å². The second-order valence-electron chi connectivity index (χ2n) is 2.93. The maximum absolute atomic E-state index is 10.4. The van der Waals surface area contributed by atoms with E-state index in [9.17, 15) is 10.1 Å². The fourth-order valence-electron chi connectivity index (χ4n) is 0.949. The lowest BCUT2D eigenvalue weighted by atomic mass is 10.3. The molecule has 0 atom stereocenters. The lowest BCUT2D eigenvalue weighted by Gasteiger charge is -2.14. The Bertz CT molecular complexity index is 354. The van der Waals surface area contributed by atoms with E-state index in [1.807, 2.05) is 14.1 Å². The van der Waals surface area contributed by atoms with Gasteiger partial charge in [-0.3, -0.25) is 10.1 Å². The number of nitro groups is 1. The van der Waals surface area contributed by atoms with E-state index < -0.39 is 4.92 Å². The van der Waals surface area contributed by atoms with Crippen molar-refractivity contribution in [2.24, 2.45) is 0 Å². The van der Waals surface area contributed by atoms with Gasteiger partial charge in [0.15, 0.2) is 0 Å². The first-order valence-corrected chi connectivity index (χ1v) is 4.68. The quantitative estimate of drug-likeness (QED) is 0.668. The molecular formula is C8H10BrN3O2. The molecule has 1 N–H and O–H groups in total. The number of non-ortho nitro benzene ring substituents is 1. The van der Waals surface area contributed by atoms with Crippen molar-refractivity contribution in [3.05, 3.63) is 32.8 Å². The molecule has 0 radical (unpaired) electrons. The summed E-state index contributed by atoms with van der Waals surface area (Å²) in [5.74, 6) is 0. The third-order valence-electron chi connectivity index (χ3n) is 1.51. The van der Waals surface area contributed by atoms with Crippen molar-refractivity contribution in [1.29, 1.82) is 0 Å². The van der Waals surface area contributed by atoms with Gasteiger partial charge in [-0.25, -0.2) is 5.01 Å². The molecule has 0 saturated carbocycles. The summed E-state index contributed by atoms with van der Waals surface area (Å²) in [4.78, 5) is 10.0. The van der Waals surface area contributed by atoms with E-state index in [0.717, 1.165) is 5.69 Å². The van der Waals surface area contributed by atoms with Crippen LogP contribution in [0.1, 0.15) is 0 Å². The first-order chi connectivity index (χ1) is 6.50. The highest BCUT2D eigenvalue weighted by molar-refractivity contribution is 9.10. The van der Waals surface area contributed by atoms with E-state index in [4.69, 9.17) is 0 Å². The first kappa shape index (κ1) is 10.9. The zero-order valence-electron chi connectivity index (χ0n) is 7.82. The molecular weight excluding hydrogens is 250 g/mol. The van der Waals surface area contributed by atoms with E-state index >= 15 is 0 Å². The van der Waals surface area contributed by atoms with Gasteiger partial charge in [0.2, 0.25) is 0 Å². The lowest BCUT2D eigenvalue weighted by molar-refractivity contribution is -0.384. The molecule has 6 heteroatoms. The summed E-state index contributed by atoms with van der Waals surface area (Å²) in [5, 5.41) is 12.2. The molecule has 1 aromatic rings. The molecule has 0 amide bonds. The number of hydrogen-bond acceptors (Lipinski definition) is 4. The fraction of sp³-hybridized carbons (Fsp3) is 0.250. The molecule has 0 spiro atoms. The Morgan fingerprint density at radius 1 is 1.50 bits per heavy atom. The molecule has 0 unspecified atom stereocenters. The monoisotopic (exact) mass is 259 g/mol. The van der Waals surface area contributed by atoms with Crippen molar-refractivity contribution in [2.75, 3.05) is 19.5 Å². The molecule has 0 fully saturated rings. The van der Waals surface area contributed by atoms with Gasteiger partial charge in [-0.1, -0.05) is 0 Å². The Hall–Kier alpha value is -1.14. The van der Waals surface area contributed by atoms with E-state index in [2.05, 4.69) is 21.4 Å². The van der Waals surface area contributed by atoms with E-state index in [0.29, 0.717) is 4.47 Å². The second kappa shape index (κ2) is 4.39. The highest BCUT2D eigenvalue weighted by atomic mass is 79.9. The molecule has 5 nitrogen and oxygen atoms in total. The Balaban J connectivity index is 2.95. The largest absolute Gasteiger partial charge is 0.318 e. The molecule has 1 aromatic carbocycles. The van der Waals surface area contributed by atoms with Crippen molar-refractivity contribution >= 4 is 27.3 Å². The molecule has 0 aliphatic carbocycles. The van der Waals surface area contributed by atoms with Gasteiger partial charge in [-0.15, -0.1) is 0 Å². The SMILES string of the molecule is CN(C)Nc1ccc([N+](=O)[O-])cc1Br. The normalized spacial score (nSPS) is 10.3. The van der Waals surface area contributed by atoms with E-state index in [1.165, 1.54) is 12.1 Å². The number of anilines is 1. The summed E-state index contributed by atoms with van der Waals surface area (Å²) >= 11 is 3.25. The molecule has 0 aliphatic heterocycles. The highest BCUT2D eigenvalue weighted by Crippen LogP contribution is 2.26. The molecule has 76 valence electrons. The average Bonchev–Trinajstić information content (AvgIpc) is 2.07. The van der Waals surface area contributed by atoms with Crippen LogP contribution < -0.4 is 5.43 Å². The van der Waals surface area contributed by atoms with Gasteiger partial charge in [0.05, 0.1) is 10.6 Å². The number of nitrogens with one attached hydrogen (secondary N) is 1. The van der Waals surface area contributed by atoms with Crippen molar-refractivity contribution in [3.8, 4) is 0 Å². The minimum Gasteiger partial charge on any atom is -0.318 e. The highest BCUT2D eigenvalue weighted by Gasteiger charge is 2.08. The van der Waals surface area contributed by atoms with Crippen molar-refractivity contribution in [3.63, 3.8) is 0 Å². The number of halogens is 1. The molecule has 0 bridgehead atoms. The molecule has 0 aromatic heterocycles. The van der Waals surface area contributed by atoms with Crippen LogP contribution in [0.2, 0.25) is 0 Å². The van der Waals surface area contributed by atoms with Crippen molar-refractivity contribution < 1.29 is 4.92 Å². The number of hydrogen-bond donors (Lipinski definition) is 1. The van der Waals surface area contributed by atoms with Crippen LogP contribution in [0, 0.1) is 10.1 Å². The molecule has 1 rings (SSSR count). The van der Waals surface area contributed by atoms with Gasteiger partial charge < -0.3 is 5.43 Å². The number of benzene rings is 1. The van der Waals surface area contributed by atoms with Crippen LogP contribution in [0.15, 0.2) is 22.7 Å². The summed E-state index contributed by atoms with van der Waals surface area (Å²) in [6, 6.07) is 4.57. The van der Waals surface area contributed by atoms with Gasteiger partial charge in [0, 0.05) is 30.7 Å². The fourth-order valence-corrected chi connectivity index (χ4v) is 1.40. The smallest absolute Gasteiger partial charge is 0.270 e.